The van der Waals surface area contributed by atoms with Crippen molar-refractivity contribution in [2.75, 3.05) is 13.2 Å². The number of rotatable bonds is 7. The van der Waals surface area contributed by atoms with E-state index in [0.29, 0.717) is 16.3 Å². The van der Waals surface area contributed by atoms with Crippen LogP contribution in [0.4, 0.5) is 17.6 Å². The second kappa shape index (κ2) is 9.27. The Morgan fingerprint density at radius 2 is 1.91 bits per heavy atom. The van der Waals surface area contributed by atoms with E-state index in [0.717, 1.165) is 29.7 Å². The number of alkyl halides is 3. The molecule has 180 valence electrons. The Kier molecular flexibility index (Phi) is 6.71. The van der Waals surface area contributed by atoms with Crippen molar-refractivity contribution in [1.29, 1.82) is 0 Å². The van der Waals surface area contributed by atoms with Gasteiger partial charge in [0.25, 0.3) is 0 Å². The van der Waals surface area contributed by atoms with Crippen molar-refractivity contribution in [3.63, 3.8) is 0 Å². The van der Waals surface area contributed by atoms with E-state index >= 15 is 0 Å². The minimum absolute atomic E-state index is 0.132. The lowest BCUT2D eigenvalue weighted by molar-refractivity contribution is -0.137. The predicted molar refractivity (Wildman–Crippen MR) is 119 cm³/mol. The molecule has 3 aromatic heterocycles. The zero-order valence-corrected chi connectivity index (χ0v) is 19.5. The molecular weight excluding hydrogens is 521 g/mol. The summed E-state index contributed by atoms with van der Waals surface area (Å²) in [6.07, 6.45) is -2.15. The molecule has 0 amide bonds. The Morgan fingerprint density at radius 1 is 1.18 bits per heavy atom. The van der Waals surface area contributed by atoms with Crippen molar-refractivity contribution in [2.24, 2.45) is 0 Å². The van der Waals surface area contributed by atoms with Crippen LogP contribution in [0.1, 0.15) is 12.5 Å². The van der Waals surface area contributed by atoms with E-state index in [2.05, 4.69) is 20.0 Å². The first-order valence-corrected chi connectivity index (χ1v) is 11.1. The van der Waals surface area contributed by atoms with Gasteiger partial charge in [-0.15, -0.1) is 10.2 Å². The zero-order valence-electron chi connectivity index (χ0n) is 17.2. The summed E-state index contributed by atoms with van der Waals surface area (Å²) in [6, 6.07) is 4.59. The Balaban J connectivity index is 1.60. The number of pyridine rings is 1. The van der Waals surface area contributed by atoms with E-state index in [1.165, 1.54) is 22.7 Å². The van der Waals surface area contributed by atoms with Crippen LogP contribution in [0, 0.1) is 5.82 Å². The number of halogens is 6. The Labute approximate surface area is 204 Å². The van der Waals surface area contributed by atoms with Gasteiger partial charge >= 0.3 is 6.18 Å². The third-order valence-electron chi connectivity index (χ3n) is 4.80. The number of aromatic nitrogens is 4. The fourth-order valence-corrected chi connectivity index (χ4v) is 4.08. The van der Waals surface area contributed by atoms with E-state index < -0.39 is 23.1 Å². The minimum atomic E-state index is -4.48. The van der Waals surface area contributed by atoms with Gasteiger partial charge in [-0.1, -0.05) is 22.9 Å². The average molecular weight is 536 g/mol. The molecule has 0 saturated heterocycles. The lowest BCUT2D eigenvalue weighted by atomic mass is 10.1. The first-order valence-electron chi connectivity index (χ1n) is 9.54. The summed E-state index contributed by atoms with van der Waals surface area (Å²) in [5, 5.41) is 18.1. The molecule has 1 atom stereocenters. The SMILES string of the molecule is CC(CO)(COc1cc(Cl)c(-c2nnc(-c3cn4cc(C(F)(F)F)ccc4n3)s2)cc1F)NCl. The first kappa shape index (κ1) is 24.6. The van der Waals surface area contributed by atoms with E-state index in [9.17, 15) is 22.7 Å². The van der Waals surface area contributed by atoms with Crippen LogP contribution in [0.2, 0.25) is 5.02 Å². The van der Waals surface area contributed by atoms with Gasteiger partial charge in [0.05, 0.1) is 22.7 Å². The fraction of sp³-hybridized carbons (Fsp3) is 0.250. The van der Waals surface area contributed by atoms with Crippen molar-refractivity contribution in [1.82, 2.24) is 24.4 Å². The van der Waals surface area contributed by atoms with E-state index in [1.807, 2.05) is 0 Å². The Bertz CT molecular complexity index is 1340. The second-order valence-corrected chi connectivity index (χ2v) is 9.16. The molecule has 1 aromatic carbocycles. The standard InChI is InChI=1S/C20H15Cl2F4N5O2S/c1-19(8-32,30-22)9-33-15-5-12(21)11(4-13(15)23)17-28-29-18(34-17)14-7-31-6-10(20(24,25)26)2-3-16(31)27-14/h2-7,30,32H,8-9H2,1H3. The number of ether oxygens (including phenoxy) is 1. The van der Waals surface area contributed by atoms with Gasteiger partial charge in [0.2, 0.25) is 0 Å². The molecular formula is C20H15Cl2F4N5O2S. The highest BCUT2D eigenvalue weighted by Crippen LogP contribution is 2.37. The maximum Gasteiger partial charge on any atom is 0.417 e. The molecule has 0 aliphatic heterocycles. The van der Waals surface area contributed by atoms with Gasteiger partial charge in [-0.05, 0) is 36.9 Å². The Morgan fingerprint density at radius 3 is 2.59 bits per heavy atom. The van der Waals surface area contributed by atoms with Gasteiger partial charge in [0.15, 0.2) is 16.6 Å². The second-order valence-electron chi connectivity index (χ2n) is 7.58. The summed E-state index contributed by atoms with van der Waals surface area (Å²) in [7, 11) is 0. The number of aliphatic hydroxyl groups excluding tert-OH is 1. The third kappa shape index (κ3) is 4.96. The predicted octanol–water partition coefficient (Wildman–Crippen LogP) is 5.20. The summed E-state index contributed by atoms with van der Waals surface area (Å²) in [5.41, 5.74) is -0.961. The van der Waals surface area contributed by atoms with Crippen LogP contribution in [0.5, 0.6) is 5.75 Å². The average Bonchev–Trinajstić information content (AvgIpc) is 3.45. The summed E-state index contributed by atoms with van der Waals surface area (Å²) in [6.45, 7) is 1.10. The zero-order chi connectivity index (χ0) is 24.7. The largest absolute Gasteiger partial charge is 0.488 e. The van der Waals surface area contributed by atoms with Gasteiger partial charge < -0.3 is 14.2 Å². The van der Waals surface area contributed by atoms with Gasteiger partial charge in [-0.25, -0.2) is 14.2 Å². The third-order valence-corrected chi connectivity index (χ3v) is 6.55. The number of nitrogens with zero attached hydrogens (tertiary/aromatic N) is 4. The van der Waals surface area contributed by atoms with Crippen molar-refractivity contribution in [2.45, 2.75) is 18.6 Å². The van der Waals surface area contributed by atoms with Crippen molar-refractivity contribution < 1.29 is 27.4 Å². The monoisotopic (exact) mass is 535 g/mol. The van der Waals surface area contributed by atoms with Crippen LogP contribution in [0.15, 0.2) is 36.7 Å². The summed E-state index contributed by atoms with van der Waals surface area (Å²) >= 11 is 12.9. The molecule has 0 fully saturated rings. The molecule has 2 N–H and O–H groups in total. The molecule has 14 heteroatoms. The molecule has 4 rings (SSSR count). The molecule has 7 nitrogen and oxygen atoms in total. The van der Waals surface area contributed by atoms with E-state index in [1.54, 1.807) is 6.92 Å². The van der Waals surface area contributed by atoms with Crippen LogP contribution in [0.25, 0.3) is 26.9 Å². The van der Waals surface area contributed by atoms with Gasteiger partial charge in [-0.3, -0.25) is 0 Å². The number of nitrogens with one attached hydrogen (secondary N) is 1. The van der Waals surface area contributed by atoms with Gasteiger partial charge in [0.1, 0.15) is 23.0 Å². The molecule has 0 saturated carbocycles. The number of imidazole rings is 1. The number of benzene rings is 1. The van der Waals surface area contributed by atoms with Crippen LogP contribution in [-0.4, -0.2) is 43.4 Å². The number of fused-ring (bicyclic) bond motifs is 1. The smallest absolute Gasteiger partial charge is 0.417 e. The lowest BCUT2D eigenvalue weighted by Crippen LogP contribution is -2.46. The minimum Gasteiger partial charge on any atom is -0.488 e. The molecule has 1 unspecified atom stereocenters. The highest BCUT2D eigenvalue weighted by atomic mass is 35.5. The maximum absolute atomic E-state index is 14.7. The highest BCUT2D eigenvalue weighted by molar-refractivity contribution is 7.18. The van der Waals surface area contributed by atoms with Gasteiger partial charge in [-0.2, -0.15) is 13.2 Å². The van der Waals surface area contributed by atoms with E-state index in [-0.39, 0.29) is 34.6 Å². The maximum atomic E-state index is 14.7. The lowest BCUT2D eigenvalue weighted by Gasteiger charge is -2.25. The van der Waals surface area contributed by atoms with E-state index in [4.69, 9.17) is 28.1 Å². The number of aliphatic hydroxyl groups is 1. The molecule has 0 bridgehead atoms. The van der Waals surface area contributed by atoms with Crippen LogP contribution < -0.4 is 9.57 Å². The summed E-state index contributed by atoms with van der Waals surface area (Å²) in [5.74, 6) is -0.871. The summed E-state index contributed by atoms with van der Waals surface area (Å²) in [4.78, 5) is 6.64. The highest BCUT2D eigenvalue weighted by Gasteiger charge is 2.31. The topological polar surface area (TPSA) is 84.6 Å². The van der Waals surface area contributed by atoms with Crippen molar-refractivity contribution in [3.8, 4) is 27.0 Å². The van der Waals surface area contributed by atoms with Crippen LogP contribution >= 0.6 is 34.7 Å². The Hall–Kier alpha value is -2.51. The molecule has 4 aromatic rings. The number of hydrogen-bond donors (Lipinski definition) is 2. The summed E-state index contributed by atoms with van der Waals surface area (Å²) < 4.78 is 60.2. The molecule has 0 spiro atoms. The normalized spacial score (nSPS) is 13.9. The first-order chi connectivity index (χ1) is 16.0. The van der Waals surface area contributed by atoms with Gasteiger partial charge in [0, 0.05) is 24.0 Å². The number of hydrogen-bond acceptors (Lipinski definition) is 7. The van der Waals surface area contributed by atoms with Crippen molar-refractivity contribution in [3.05, 3.63) is 53.1 Å². The molecule has 3 heterocycles. The van der Waals surface area contributed by atoms with Crippen LogP contribution in [-0.2, 0) is 6.18 Å². The molecule has 0 aliphatic carbocycles. The quantitative estimate of drug-likeness (QED) is 0.250. The van der Waals surface area contributed by atoms with Crippen molar-refractivity contribution >= 4 is 40.4 Å². The molecule has 34 heavy (non-hydrogen) atoms. The van der Waals surface area contributed by atoms with Crippen LogP contribution in [0.3, 0.4) is 0 Å². The molecule has 0 aliphatic rings. The fourth-order valence-electron chi connectivity index (χ4n) is 2.84. The molecule has 0 radical (unpaired) electrons.